The van der Waals surface area contributed by atoms with Gasteiger partial charge in [0.15, 0.2) is 0 Å². The molecule has 2 fully saturated rings. The lowest BCUT2D eigenvalue weighted by molar-refractivity contribution is -0.141. The summed E-state index contributed by atoms with van der Waals surface area (Å²) in [7, 11) is 0. The molecular formula is C22H25N3O3S2. The Hall–Kier alpha value is -2.19. The second-order valence-corrected chi connectivity index (χ2v) is 10.5. The maximum Gasteiger partial charge on any atom is 0.325 e. The van der Waals surface area contributed by atoms with Gasteiger partial charge in [0.05, 0.1) is 6.04 Å². The van der Waals surface area contributed by atoms with E-state index < -0.39 is 11.6 Å². The Morgan fingerprint density at radius 1 is 1.23 bits per heavy atom. The fourth-order valence-electron chi connectivity index (χ4n) is 5.20. The maximum atomic E-state index is 13.4. The van der Waals surface area contributed by atoms with Gasteiger partial charge >= 0.3 is 6.03 Å². The zero-order valence-corrected chi connectivity index (χ0v) is 18.6. The van der Waals surface area contributed by atoms with Gasteiger partial charge in [0, 0.05) is 16.3 Å². The van der Waals surface area contributed by atoms with E-state index in [0.717, 1.165) is 41.0 Å². The molecule has 2 aromatic heterocycles. The van der Waals surface area contributed by atoms with Crippen molar-refractivity contribution in [2.45, 2.75) is 50.6 Å². The van der Waals surface area contributed by atoms with Crippen LogP contribution in [-0.2, 0) is 16.0 Å². The van der Waals surface area contributed by atoms with Crippen LogP contribution in [0.15, 0.2) is 29.0 Å². The van der Waals surface area contributed by atoms with Gasteiger partial charge in [-0.1, -0.05) is 25.8 Å². The highest BCUT2D eigenvalue weighted by atomic mass is 32.1. The monoisotopic (exact) mass is 443 g/mol. The first-order valence-electron chi connectivity index (χ1n) is 10.5. The lowest BCUT2D eigenvalue weighted by atomic mass is 9.73. The Labute approximate surface area is 183 Å². The molecule has 4 heterocycles. The Morgan fingerprint density at radius 2 is 2.10 bits per heavy atom. The molecule has 0 unspecified atom stereocenters. The number of hydrogen-bond acceptors (Lipinski definition) is 5. The van der Waals surface area contributed by atoms with Crippen molar-refractivity contribution in [2.75, 3.05) is 13.1 Å². The SMILES string of the molecule is C[C@@H]1CCCC[C@@]12NC(=O)N(CC(=O)N1CCc3sccc3[C@@H]1c1cccs1)C2=O. The molecule has 1 aliphatic carbocycles. The second kappa shape index (κ2) is 7.50. The predicted octanol–water partition coefficient (Wildman–Crippen LogP) is 3.78. The molecule has 5 rings (SSSR count). The van der Waals surface area contributed by atoms with Crippen LogP contribution in [0, 0.1) is 5.92 Å². The van der Waals surface area contributed by atoms with E-state index in [4.69, 9.17) is 0 Å². The van der Waals surface area contributed by atoms with Crippen molar-refractivity contribution in [1.82, 2.24) is 15.1 Å². The highest BCUT2D eigenvalue weighted by molar-refractivity contribution is 7.10. The van der Waals surface area contributed by atoms with Gasteiger partial charge in [0.25, 0.3) is 5.91 Å². The summed E-state index contributed by atoms with van der Waals surface area (Å²) in [6.07, 6.45) is 4.38. The molecule has 0 radical (unpaired) electrons. The molecule has 8 heteroatoms. The second-order valence-electron chi connectivity index (χ2n) is 8.49. The van der Waals surface area contributed by atoms with Gasteiger partial charge in [-0.2, -0.15) is 0 Å². The number of fused-ring (bicyclic) bond motifs is 1. The van der Waals surface area contributed by atoms with Crippen molar-refractivity contribution < 1.29 is 14.4 Å². The molecule has 0 bridgehead atoms. The van der Waals surface area contributed by atoms with Crippen LogP contribution in [0.25, 0.3) is 0 Å². The summed E-state index contributed by atoms with van der Waals surface area (Å²) in [6.45, 7) is 2.43. The van der Waals surface area contributed by atoms with Crippen molar-refractivity contribution in [1.29, 1.82) is 0 Å². The highest BCUT2D eigenvalue weighted by Gasteiger charge is 2.55. The van der Waals surface area contributed by atoms with Gasteiger partial charge < -0.3 is 10.2 Å². The minimum Gasteiger partial charge on any atom is -0.329 e. The molecule has 4 amide bonds. The molecule has 30 heavy (non-hydrogen) atoms. The van der Waals surface area contributed by atoms with Crippen LogP contribution < -0.4 is 5.32 Å². The zero-order valence-electron chi connectivity index (χ0n) is 16.9. The molecular weight excluding hydrogens is 418 g/mol. The fraction of sp³-hybridized carbons (Fsp3) is 0.500. The van der Waals surface area contributed by atoms with Crippen LogP contribution in [-0.4, -0.2) is 46.3 Å². The topological polar surface area (TPSA) is 69.7 Å². The van der Waals surface area contributed by atoms with E-state index in [0.29, 0.717) is 13.0 Å². The van der Waals surface area contributed by atoms with E-state index >= 15 is 0 Å². The number of nitrogens with one attached hydrogen (secondary N) is 1. The molecule has 158 valence electrons. The highest BCUT2D eigenvalue weighted by Crippen LogP contribution is 2.41. The number of urea groups is 1. The largest absolute Gasteiger partial charge is 0.329 e. The van der Waals surface area contributed by atoms with Gasteiger partial charge in [0.2, 0.25) is 5.91 Å². The first-order chi connectivity index (χ1) is 14.5. The molecule has 1 saturated carbocycles. The van der Waals surface area contributed by atoms with E-state index in [1.165, 1.54) is 4.88 Å². The molecule has 3 aliphatic rings. The van der Waals surface area contributed by atoms with Crippen LogP contribution in [0.4, 0.5) is 4.79 Å². The molecule has 6 nitrogen and oxygen atoms in total. The Morgan fingerprint density at radius 3 is 2.87 bits per heavy atom. The number of hydrogen-bond donors (Lipinski definition) is 1. The Bertz CT molecular complexity index is 986. The summed E-state index contributed by atoms with van der Waals surface area (Å²) in [5, 5.41) is 7.04. The summed E-state index contributed by atoms with van der Waals surface area (Å²) in [4.78, 5) is 44.8. The molecule has 0 aromatic carbocycles. The summed E-state index contributed by atoms with van der Waals surface area (Å²) in [6, 6.07) is 5.57. The van der Waals surface area contributed by atoms with Crippen molar-refractivity contribution in [2.24, 2.45) is 5.92 Å². The zero-order chi connectivity index (χ0) is 20.9. The predicted molar refractivity (Wildman–Crippen MR) is 117 cm³/mol. The van der Waals surface area contributed by atoms with Crippen molar-refractivity contribution in [3.63, 3.8) is 0 Å². The van der Waals surface area contributed by atoms with Crippen molar-refractivity contribution >= 4 is 40.5 Å². The van der Waals surface area contributed by atoms with Crippen molar-refractivity contribution in [3.8, 4) is 0 Å². The van der Waals surface area contributed by atoms with Gasteiger partial charge in [-0.3, -0.25) is 14.5 Å². The molecule has 1 spiro atoms. The Balaban J connectivity index is 1.40. The third-order valence-corrected chi connectivity index (χ3v) is 8.81. The first-order valence-corrected chi connectivity index (χ1v) is 12.3. The van der Waals surface area contributed by atoms with Crippen LogP contribution in [0.3, 0.4) is 0 Å². The van der Waals surface area contributed by atoms with E-state index in [9.17, 15) is 14.4 Å². The van der Waals surface area contributed by atoms with Gasteiger partial charge in [-0.25, -0.2) is 4.79 Å². The van der Waals surface area contributed by atoms with Gasteiger partial charge in [-0.05, 0) is 53.6 Å². The number of nitrogens with zero attached hydrogens (tertiary/aromatic N) is 2. The summed E-state index contributed by atoms with van der Waals surface area (Å²) in [5.74, 6) is -0.312. The molecule has 1 saturated heterocycles. The third-order valence-electron chi connectivity index (χ3n) is 6.89. The Kier molecular flexibility index (Phi) is 4.94. The van der Waals surface area contributed by atoms with E-state index in [1.54, 1.807) is 22.7 Å². The molecule has 2 aromatic rings. The van der Waals surface area contributed by atoms with Crippen molar-refractivity contribution in [3.05, 3.63) is 44.3 Å². The number of rotatable bonds is 3. The fourth-order valence-corrected chi connectivity index (χ4v) is 6.96. The number of imide groups is 1. The minimum absolute atomic E-state index is 0.0880. The minimum atomic E-state index is -0.828. The quantitative estimate of drug-likeness (QED) is 0.734. The average Bonchev–Trinajstić information content (AvgIpc) is 3.47. The average molecular weight is 444 g/mol. The molecule has 1 N–H and O–H groups in total. The number of amides is 4. The number of thiophene rings is 2. The molecule has 3 atom stereocenters. The first kappa shape index (κ1) is 19.8. The maximum absolute atomic E-state index is 13.4. The third kappa shape index (κ3) is 3.00. The van der Waals surface area contributed by atoms with E-state index in [1.807, 2.05) is 23.3 Å². The van der Waals surface area contributed by atoms with Gasteiger partial charge in [0.1, 0.15) is 12.1 Å². The van der Waals surface area contributed by atoms with Gasteiger partial charge in [-0.15, -0.1) is 22.7 Å². The smallest absolute Gasteiger partial charge is 0.325 e. The summed E-state index contributed by atoms with van der Waals surface area (Å²) >= 11 is 3.36. The number of carbonyl (C=O) groups is 3. The van der Waals surface area contributed by atoms with Crippen LogP contribution in [0.5, 0.6) is 0 Å². The lowest BCUT2D eigenvalue weighted by Crippen LogP contribution is -2.54. The van der Waals surface area contributed by atoms with E-state index in [2.05, 4.69) is 22.8 Å². The molecule has 2 aliphatic heterocycles. The van der Waals surface area contributed by atoms with Crippen LogP contribution in [0.1, 0.15) is 54.0 Å². The normalized spacial score (nSPS) is 28.7. The van der Waals surface area contributed by atoms with E-state index in [-0.39, 0.29) is 30.3 Å². The summed E-state index contributed by atoms with van der Waals surface area (Å²) in [5.41, 5.74) is 0.335. The van der Waals surface area contributed by atoms with Crippen LogP contribution in [0.2, 0.25) is 0 Å². The number of carbonyl (C=O) groups excluding carboxylic acids is 3. The van der Waals surface area contributed by atoms with Crippen LogP contribution >= 0.6 is 22.7 Å². The standard InChI is InChI=1S/C22H25N3O3S2/c1-14-5-2-3-9-22(14)20(27)25(21(28)23-22)13-18(26)24-10-7-16-15(8-12-30-16)19(24)17-6-4-11-29-17/h4,6,8,11-12,14,19H,2-3,5,7,9-10,13H2,1H3,(H,23,28)/t14-,19-,22-/m1/s1. The summed E-state index contributed by atoms with van der Waals surface area (Å²) < 4.78 is 0. The lowest BCUT2D eigenvalue weighted by Gasteiger charge is -2.37.